The molecule has 2 saturated heterocycles. The largest absolute Gasteiger partial charge is 0.355 e. The van der Waals surface area contributed by atoms with E-state index in [2.05, 4.69) is 45.7 Å². The summed E-state index contributed by atoms with van der Waals surface area (Å²) >= 11 is 7.10. The van der Waals surface area contributed by atoms with Crippen LogP contribution < -0.4 is 15.5 Å². The minimum Gasteiger partial charge on any atom is -0.355 e. The molecule has 190 valence electrons. The Labute approximate surface area is 217 Å². The van der Waals surface area contributed by atoms with E-state index in [0.29, 0.717) is 23.4 Å². The lowest BCUT2D eigenvalue weighted by Crippen LogP contribution is -2.48. The van der Waals surface area contributed by atoms with Crippen LogP contribution in [-0.4, -0.2) is 88.0 Å². The van der Waals surface area contributed by atoms with Gasteiger partial charge in [-0.1, -0.05) is 29.0 Å². The summed E-state index contributed by atoms with van der Waals surface area (Å²) < 4.78 is 13.7. The third-order valence-corrected chi connectivity index (χ3v) is 7.37. The molecule has 5 rings (SSSR count). The Morgan fingerprint density at radius 1 is 1.08 bits per heavy atom. The van der Waals surface area contributed by atoms with Crippen molar-refractivity contribution in [3.8, 4) is 0 Å². The number of rotatable bonds is 8. The number of hydrogen-bond acceptors (Lipinski definition) is 10. The summed E-state index contributed by atoms with van der Waals surface area (Å²) in [6, 6.07) is 8.97. The summed E-state index contributed by atoms with van der Waals surface area (Å²) in [6.45, 7) is 5.77. The Balaban J connectivity index is 1.03. The fourth-order valence-electron chi connectivity index (χ4n) is 4.42. The molecule has 1 atom stereocenters. The van der Waals surface area contributed by atoms with E-state index in [9.17, 15) is 9.18 Å². The highest BCUT2D eigenvalue weighted by Crippen LogP contribution is 2.24. The third kappa shape index (κ3) is 6.44. The van der Waals surface area contributed by atoms with Gasteiger partial charge in [0.15, 0.2) is 5.82 Å². The second-order valence-electron chi connectivity index (χ2n) is 8.92. The molecule has 2 N–H and O–H groups in total. The molecule has 0 bridgehead atoms. The average Bonchev–Trinajstić information content (AvgIpc) is 3.53. The molecule has 13 heteroatoms. The highest BCUT2D eigenvalue weighted by molar-refractivity contribution is 7.19. The average molecular weight is 532 g/mol. The predicted octanol–water partition coefficient (Wildman–Crippen LogP) is 2.57. The SMILES string of the molecule is O=C(CN1CCN(Cc2ccc(Cl)c(F)c2)CC1)Nc1nnc(N[C@@H]2CCN(c3cccnn3)C2)s1. The molecule has 10 nitrogen and oxygen atoms in total. The van der Waals surface area contributed by atoms with Crippen molar-refractivity contribution in [3.63, 3.8) is 0 Å². The van der Waals surface area contributed by atoms with Crippen LogP contribution in [-0.2, 0) is 11.3 Å². The Morgan fingerprint density at radius 3 is 2.67 bits per heavy atom. The van der Waals surface area contributed by atoms with Crippen molar-refractivity contribution in [2.24, 2.45) is 0 Å². The van der Waals surface area contributed by atoms with Crippen LogP contribution in [0.5, 0.6) is 0 Å². The molecule has 2 fully saturated rings. The van der Waals surface area contributed by atoms with E-state index in [1.165, 1.54) is 17.4 Å². The molecule has 2 aromatic heterocycles. The van der Waals surface area contributed by atoms with E-state index >= 15 is 0 Å². The van der Waals surface area contributed by atoms with Crippen LogP contribution >= 0.6 is 22.9 Å². The number of amides is 1. The highest BCUT2D eigenvalue weighted by atomic mass is 35.5. The lowest BCUT2D eigenvalue weighted by Gasteiger charge is -2.34. The summed E-state index contributed by atoms with van der Waals surface area (Å²) in [5, 5.41) is 24.0. The Morgan fingerprint density at radius 2 is 1.89 bits per heavy atom. The van der Waals surface area contributed by atoms with E-state index in [1.807, 2.05) is 18.2 Å². The van der Waals surface area contributed by atoms with E-state index in [1.54, 1.807) is 12.3 Å². The number of aromatic nitrogens is 4. The number of anilines is 3. The van der Waals surface area contributed by atoms with Gasteiger partial charge in [0.2, 0.25) is 16.2 Å². The molecular weight excluding hydrogens is 505 g/mol. The van der Waals surface area contributed by atoms with Crippen LogP contribution in [0, 0.1) is 5.82 Å². The van der Waals surface area contributed by atoms with Gasteiger partial charge in [-0.25, -0.2) is 4.39 Å². The summed E-state index contributed by atoms with van der Waals surface area (Å²) in [4.78, 5) is 19.1. The first-order valence-corrected chi connectivity index (χ1v) is 13.0. The molecule has 1 aromatic carbocycles. The van der Waals surface area contributed by atoms with Crippen LogP contribution in [0.15, 0.2) is 36.5 Å². The van der Waals surface area contributed by atoms with Gasteiger partial charge in [0.25, 0.3) is 0 Å². The summed E-state index contributed by atoms with van der Waals surface area (Å²) in [6.07, 6.45) is 2.62. The molecular formula is C23H27ClFN9OS. The molecule has 2 aliphatic rings. The number of hydrogen-bond donors (Lipinski definition) is 2. The predicted molar refractivity (Wildman–Crippen MR) is 138 cm³/mol. The minimum absolute atomic E-state index is 0.111. The van der Waals surface area contributed by atoms with Crippen molar-refractivity contribution in [1.29, 1.82) is 0 Å². The fraction of sp³-hybridized carbons (Fsp3) is 0.435. The first-order chi connectivity index (χ1) is 17.5. The molecule has 2 aliphatic heterocycles. The molecule has 0 radical (unpaired) electrons. The number of halogens is 2. The zero-order valence-electron chi connectivity index (χ0n) is 19.6. The lowest BCUT2D eigenvalue weighted by molar-refractivity contribution is -0.117. The smallest absolute Gasteiger partial charge is 0.240 e. The summed E-state index contributed by atoms with van der Waals surface area (Å²) in [5.41, 5.74) is 0.892. The van der Waals surface area contributed by atoms with Gasteiger partial charge >= 0.3 is 0 Å². The van der Waals surface area contributed by atoms with Crippen molar-refractivity contribution < 1.29 is 9.18 Å². The first kappa shape index (κ1) is 24.8. The highest BCUT2D eigenvalue weighted by Gasteiger charge is 2.25. The standard InChI is InChI=1S/C23H27ClFN9OS/c24-18-4-3-16(12-19(18)25)13-32-8-10-33(11-9-32)15-21(35)28-23-31-30-22(36-23)27-17-5-7-34(14-17)20-2-1-6-26-29-20/h1-4,6,12,17H,5,7-11,13-15H2,(H,27,30)(H,28,31,35)/t17-/m1/s1. The van der Waals surface area contributed by atoms with Crippen LogP contribution in [0.1, 0.15) is 12.0 Å². The number of carbonyl (C=O) groups is 1. The zero-order chi connectivity index (χ0) is 24.9. The summed E-state index contributed by atoms with van der Waals surface area (Å²) in [7, 11) is 0. The van der Waals surface area contributed by atoms with Crippen LogP contribution in [0.4, 0.5) is 20.5 Å². The Hall–Kier alpha value is -2.93. The van der Waals surface area contributed by atoms with Gasteiger partial charge in [0.05, 0.1) is 11.6 Å². The molecule has 0 spiro atoms. The summed E-state index contributed by atoms with van der Waals surface area (Å²) in [5.74, 6) is 0.360. The molecule has 36 heavy (non-hydrogen) atoms. The van der Waals surface area contributed by atoms with E-state index < -0.39 is 5.82 Å². The molecule has 0 saturated carbocycles. The minimum atomic E-state index is -0.397. The number of nitrogens with one attached hydrogen (secondary N) is 2. The number of nitrogens with zero attached hydrogens (tertiary/aromatic N) is 7. The quantitative estimate of drug-likeness (QED) is 0.454. The molecule has 4 heterocycles. The van der Waals surface area contributed by atoms with Gasteiger partial charge in [-0.05, 0) is 36.2 Å². The van der Waals surface area contributed by atoms with Crippen LogP contribution in [0.2, 0.25) is 5.02 Å². The monoisotopic (exact) mass is 531 g/mol. The molecule has 0 unspecified atom stereocenters. The van der Waals surface area contributed by atoms with E-state index in [4.69, 9.17) is 11.6 Å². The Bertz CT molecular complexity index is 1180. The topological polar surface area (TPSA) is 102 Å². The van der Waals surface area contributed by atoms with Crippen LogP contribution in [0.3, 0.4) is 0 Å². The number of benzene rings is 1. The van der Waals surface area contributed by atoms with Crippen LogP contribution in [0.25, 0.3) is 0 Å². The number of piperazine rings is 1. The lowest BCUT2D eigenvalue weighted by atomic mass is 10.2. The first-order valence-electron chi connectivity index (χ1n) is 11.8. The van der Waals surface area contributed by atoms with Gasteiger partial charge in [0.1, 0.15) is 5.82 Å². The van der Waals surface area contributed by atoms with Gasteiger partial charge in [0, 0.05) is 58.1 Å². The fourth-order valence-corrected chi connectivity index (χ4v) is 5.27. The maximum Gasteiger partial charge on any atom is 0.240 e. The van der Waals surface area contributed by atoms with Crippen molar-refractivity contribution in [2.45, 2.75) is 19.0 Å². The maximum atomic E-state index is 13.7. The van der Waals surface area contributed by atoms with Gasteiger partial charge < -0.3 is 10.2 Å². The molecule has 3 aromatic rings. The van der Waals surface area contributed by atoms with Crippen molar-refractivity contribution in [3.05, 3.63) is 52.9 Å². The van der Waals surface area contributed by atoms with Crippen molar-refractivity contribution >= 4 is 44.9 Å². The second kappa shape index (κ2) is 11.4. The zero-order valence-corrected chi connectivity index (χ0v) is 21.2. The van der Waals surface area contributed by atoms with Gasteiger partial charge in [-0.3, -0.25) is 19.9 Å². The van der Waals surface area contributed by atoms with Crippen molar-refractivity contribution in [2.75, 3.05) is 61.3 Å². The maximum absolute atomic E-state index is 13.7. The van der Waals surface area contributed by atoms with Crippen molar-refractivity contribution in [1.82, 2.24) is 30.2 Å². The number of carbonyl (C=O) groups excluding carboxylic acids is 1. The van der Waals surface area contributed by atoms with E-state index in [-0.39, 0.29) is 17.0 Å². The Kier molecular flexibility index (Phi) is 7.85. The second-order valence-corrected chi connectivity index (χ2v) is 10.3. The molecule has 0 aliphatic carbocycles. The van der Waals surface area contributed by atoms with Gasteiger partial charge in [-0.2, -0.15) is 5.10 Å². The molecule has 1 amide bonds. The van der Waals surface area contributed by atoms with Gasteiger partial charge in [-0.15, -0.1) is 15.3 Å². The van der Waals surface area contributed by atoms with E-state index in [0.717, 1.165) is 57.1 Å². The normalized spacial score (nSPS) is 18.9. The third-order valence-electron chi connectivity index (χ3n) is 6.29.